The van der Waals surface area contributed by atoms with Gasteiger partial charge in [-0.3, -0.25) is 0 Å². The molecule has 0 aliphatic heterocycles. The fraction of sp³-hybridized carbons (Fsp3) is 0.429. The quantitative estimate of drug-likeness (QED) is 0.319. The Bertz CT molecular complexity index is 188. The first-order valence-corrected chi connectivity index (χ1v) is 3.30. The van der Waals surface area contributed by atoms with Crippen molar-refractivity contribution in [2.24, 2.45) is 9.98 Å². The molecule has 0 heterocycles. The summed E-state index contributed by atoms with van der Waals surface area (Å²) >= 11 is 5.49. The Morgan fingerprint density at radius 3 is 2.10 bits per heavy atom. The van der Waals surface area contributed by atoms with E-state index in [9.17, 15) is 0 Å². The van der Waals surface area contributed by atoms with Crippen LogP contribution in [0.2, 0.25) is 0 Å². The summed E-state index contributed by atoms with van der Waals surface area (Å²) < 4.78 is 0. The van der Waals surface area contributed by atoms with Gasteiger partial charge in [0, 0.05) is 5.70 Å². The fourth-order valence-corrected chi connectivity index (χ4v) is 0.412. The third kappa shape index (κ3) is 3.41. The largest absolute Gasteiger partial charge is 0.234 e. The van der Waals surface area contributed by atoms with Crippen molar-refractivity contribution in [2.75, 3.05) is 0 Å². The van der Waals surface area contributed by atoms with Crippen molar-refractivity contribution in [3.8, 4) is 0 Å². The monoisotopic (exact) mass is 158 g/mol. The van der Waals surface area contributed by atoms with Gasteiger partial charge in [-0.05, 0) is 39.1 Å². The minimum absolute atomic E-state index is 0.193. The lowest BCUT2D eigenvalue weighted by atomic mass is 10.3. The molecule has 0 radical (unpaired) electrons. The van der Waals surface area contributed by atoms with Gasteiger partial charge in [-0.2, -0.15) is 0 Å². The van der Waals surface area contributed by atoms with E-state index in [4.69, 9.17) is 11.6 Å². The molecule has 0 N–H and O–H groups in total. The van der Waals surface area contributed by atoms with Crippen LogP contribution in [0.15, 0.2) is 21.3 Å². The zero-order valence-corrected chi connectivity index (χ0v) is 7.24. The SMILES string of the molecule is C=NC(Cl)=NC(C)=C(C)C. The summed E-state index contributed by atoms with van der Waals surface area (Å²) in [4.78, 5) is 7.37. The van der Waals surface area contributed by atoms with Crippen molar-refractivity contribution in [3.05, 3.63) is 11.3 Å². The third-order valence-electron chi connectivity index (χ3n) is 1.11. The van der Waals surface area contributed by atoms with Crippen LogP contribution in [-0.4, -0.2) is 12.0 Å². The smallest absolute Gasteiger partial charge is 0.221 e. The number of halogens is 1. The molecule has 0 saturated heterocycles. The molecule has 0 aromatic rings. The number of aliphatic imine (C=N–C) groups is 2. The molecule has 0 amide bonds. The van der Waals surface area contributed by atoms with Gasteiger partial charge in [0.05, 0.1) is 0 Å². The zero-order valence-electron chi connectivity index (χ0n) is 6.48. The van der Waals surface area contributed by atoms with E-state index in [1.807, 2.05) is 20.8 Å². The Kier molecular flexibility index (Phi) is 3.96. The lowest BCUT2D eigenvalue weighted by Gasteiger charge is -1.94. The highest BCUT2D eigenvalue weighted by atomic mass is 35.5. The van der Waals surface area contributed by atoms with Crippen LogP contribution in [0, 0.1) is 0 Å². The molecule has 0 fully saturated rings. The molecule has 0 aliphatic carbocycles. The topological polar surface area (TPSA) is 24.7 Å². The second kappa shape index (κ2) is 4.23. The van der Waals surface area contributed by atoms with Crippen LogP contribution in [-0.2, 0) is 0 Å². The Balaban J connectivity index is 4.42. The second-order valence-corrected chi connectivity index (χ2v) is 2.46. The summed E-state index contributed by atoms with van der Waals surface area (Å²) in [5, 5.41) is 0.193. The van der Waals surface area contributed by atoms with E-state index >= 15 is 0 Å². The van der Waals surface area contributed by atoms with E-state index in [1.54, 1.807) is 0 Å². The van der Waals surface area contributed by atoms with Crippen molar-refractivity contribution in [1.82, 2.24) is 0 Å². The minimum Gasteiger partial charge on any atom is -0.234 e. The molecule has 10 heavy (non-hydrogen) atoms. The highest BCUT2D eigenvalue weighted by Gasteiger charge is 1.89. The summed E-state index contributed by atoms with van der Waals surface area (Å²) in [6.07, 6.45) is 0. The minimum atomic E-state index is 0.193. The van der Waals surface area contributed by atoms with E-state index in [0.717, 1.165) is 11.3 Å². The van der Waals surface area contributed by atoms with E-state index in [0.29, 0.717) is 0 Å². The van der Waals surface area contributed by atoms with Crippen molar-refractivity contribution in [2.45, 2.75) is 20.8 Å². The van der Waals surface area contributed by atoms with Crippen LogP contribution < -0.4 is 0 Å². The van der Waals surface area contributed by atoms with Gasteiger partial charge in [-0.1, -0.05) is 5.57 Å². The molecule has 56 valence electrons. The predicted molar refractivity (Wildman–Crippen MR) is 46.9 cm³/mol. The average Bonchev–Trinajstić information content (AvgIpc) is 1.87. The van der Waals surface area contributed by atoms with Crippen LogP contribution in [0.5, 0.6) is 0 Å². The molecule has 0 aromatic heterocycles. The fourth-order valence-electron chi connectivity index (χ4n) is 0.286. The van der Waals surface area contributed by atoms with Crippen molar-refractivity contribution in [1.29, 1.82) is 0 Å². The summed E-state index contributed by atoms with van der Waals surface area (Å²) in [5.74, 6) is 0. The van der Waals surface area contributed by atoms with Crippen LogP contribution in [0.4, 0.5) is 0 Å². The molecule has 2 nitrogen and oxygen atoms in total. The second-order valence-electron chi connectivity index (χ2n) is 2.12. The maximum Gasteiger partial charge on any atom is 0.221 e. The summed E-state index contributed by atoms with van der Waals surface area (Å²) in [5.41, 5.74) is 2.01. The average molecular weight is 159 g/mol. The number of allylic oxidation sites excluding steroid dienone is 2. The standard InChI is InChI=1S/C7H11ClN2/c1-5(2)6(3)10-7(8)9-4/h4H2,1-3H3. The van der Waals surface area contributed by atoms with Gasteiger partial charge >= 0.3 is 0 Å². The van der Waals surface area contributed by atoms with Gasteiger partial charge in [-0.15, -0.1) is 0 Å². The van der Waals surface area contributed by atoms with Crippen LogP contribution in [0.1, 0.15) is 20.8 Å². The molecule has 3 heteroatoms. The number of hydrogen-bond acceptors (Lipinski definition) is 1. The molecular weight excluding hydrogens is 148 g/mol. The van der Waals surface area contributed by atoms with Gasteiger partial charge in [0.15, 0.2) is 0 Å². The highest BCUT2D eigenvalue weighted by molar-refractivity contribution is 6.65. The summed E-state index contributed by atoms with van der Waals surface area (Å²) in [6.45, 7) is 9.04. The molecule has 0 aliphatic rings. The van der Waals surface area contributed by atoms with Gasteiger partial charge in [0.2, 0.25) is 5.29 Å². The van der Waals surface area contributed by atoms with Gasteiger partial charge in [-0.25, -0.2) is 9.98 Å². The van der Waals surface area contributed by atoms with Gasteiger partial charge < -0.3 is 0 Å². The lowest BCUT2D eigenvalue weighted by Crippen LogP contribution is -1.81. The Labute approximate surface area is 66.3 Å². The molecule has 0 bridgehead atoms. The van der Waals surface area contributed by atoms with Crippen LogP contribution in [0.3, 0.4) is 0 Å². The van der Waals surface area contributed by atoms with E-state index in [1.165, 1.54) is 0 Å². The molecular formula is C7H11ClN2. The highest BCUT2D eigenvalue weighted by Crippen LogP contribution is 2.04. The maximum absolute atomic E-state index is 5.49. The van der Waals surface area contributed by atoms with E-state index in [-0.39, 0.29) is 5.29 Å². The zero-order chi connectivity index (χ0) is 8.15. The Morgan fingerprint density at radius 1 is 1.30 bits per heavy atom. The maximum atomic E-state index is 5.49. The van der Waals surface area contributed by atoms with Gasteiger partial charge in [0.1, 0.15) is 0 Å². The van der Waals surface area contributed by atoms with Crippen LogP contribution in [0.25, 0.3) is 0 Å². The predicted octanol–water partition coefficient (Wildman–Crippen LogP) is 2.60. The number of amidine groups is 1. The van der Waals surface area contributed by atoms with Crippen molar-refractivity contribution in [3.63, 3.8) is 0 Å². The number of rotatable bonds is 1. The molecule has 0 atom stereocenters. The molecule has 0 saturated carbocycles. The normalized spacial score (nSPS) is 11.0. The molecule has 0 unspecified atom stereocenters. The molecule has 0 spiro atoms. The summed E-state index contributed by atoms with van der Waals surface area (Å²) in [6, 6.07) is 0. The molecule has 0 rings (SSSR count). The van der Waals surface area contributed by atoms with E-state index < -0.39 is 0 Å². The summed E-state index contributed by atoms with van der Waals surface area (Å²) in [7, 11) is 0. The van der Waals surface area contributed by atoms with Crippen molar-refractivity contribution < 1.29 is 0 Å². The first-order chi connectivity index (χ1) is 4.57. The van der Waals surface area contributed by atoms with Gasteiger partial charge in [0.25, 0.3) is 0 Å². The number of hydrogen-bond donors (Lipinski definition) is 0. The lowest BCUT2D eigenvalue weighted by molar-refractivity contribution is 1.19. The molecule has 0 aromatic carbocycles. The Morgan fingerprint density at radius 2 is 1.80 bits per heavy atom. The van der Waals surface area contributed by atoms with E-state index in [2.05, 4.69) is 16.7 Å². The number of nitrogens with zero attached hydrogens (tertiary/aromatic N) is 2. The van der Waals surface area contributed by atoms with Crippen LogP contribution >= 0.6 is 11.6 Å². The first kappa shape index (κ1) is 9.37. The Hall–Kier alpha value is -0.630. The third-order valence-corrected chi connectivity index (χ3v) is 1.32. The first-order valence-electron chi connectivity index (χ1n) is 2.93. The van der Waals surface area contributed by atoms with Crippen molar-refractivity contribution >= 4 is 23.6 Å².